The van der Waals surface area contributed by atoms with Crippen molar-refractivity contribution in [3.05, 3.63) is 29.8 Å². The molecule has 2 rings (SSSR count). The first kappa shape index (κ1) is 18.4. The number of ether oxygens (including phenoxy) is 2. The average molecular weight is 350 g/mol. The monoisotopic (exact) mass is 350 g/mol. The molecule has 0 unspecified atom stereocenters. The number of rotatable bonds is 7. The molecule has 3 amide bonds. The van der Waals surface area contributed by atoms with E-state index in [-0.39, 0.29) is 24.5 Å². The normalized spacial score (nSPS) is 13.7. The largest absolute Gasteiger partial charge is 0.539 e. The van der Waals surface area contributed by atoms with E-state index in [1.54, 1.807) is 7.11 Å². The molecule has 0 aliphatic carbocycles. The SMILES string of the molecule is COCCCNC(=O)c1ccc(OC(=O)ON2C(=O)CCC2=O)cc1. The standard InChI is InChI=1S/C16H18N2O7/c1-23-10-2-9-17-15(21)11-3-5-12(6-4-11)24-16(22)25-18-13(19)7-8-14(18)20/h3-6H,2,7-10H2,1H3,(H,17,21). The highest BCUT2D eigenvalue weighted by molar-refractivity contribution is 6.01. The Labute approximate surface area is 143 Å². The second kappa shape index (κ2) is 8.78. The van der Waals surface area contributed by atoms with Gasteiger partial charge in [0.15, 0.2) is 0 Å². The first-order valence-corrected chi connectivity index (χ1v) is 7.64. The molecule has 0 radical (unpaired) electrons. The van der Waals surface area contributed by atoms with Crippen molar-refractivity contribution in [1.29, 1.82) is 0 Å². The molecule has 0 atom stereocenters. The predicted octanol–water partition coefficient (Wildman–Crippen LogP) is 1.03. The highest BCUT2D eigenvalue weighted by atomic mass is 16.8. The maximum atomic E-state index is 11.9. The fraction of sp³-hybridized carbons (Fsp3) is 0.375. The highest BCUT2D eigenvalue weighted by Crippen LogP contribution is 2.16. The summed E-state index contributed by atoms with van der Waals surface area (Å²) in [6.07, 6.45) is -0.510. The van der Waals surface area contributed by atoms with E-state index < -0.39 is 18.0 Å². The summed E-state index contributed by atoms with van der Waals surface area (Å²) in [4.78, 5) is 50.7. The van der Waals surface area contributed by atoms with Gasteiger partial charge in [0, 0.05) is 38.7 Å². The lowest BCUT2D eigenvalue weighted by atomic mass is 10.2. The van der Waals surface area contributed by atoms with E-state index in [1.807, 2.05) is 0 Å². The van der Waals surface area contributed by atoms with Crippen LogP contribution in [0.5, 0.6) is 5.75 Å². The van der Waals surface area contributed by atoms with Crippen molar-refractivity contribution < 1.29 is 33.5 Å². The zero-order valence-electron chi connectivity index (χ0n) is 13.6. The van der Waals surface area contributed by atoms with E-state index in [4.69, 9.17) is 9.47 Å². The molecule has 1 aromatic rings. The number of hydrogen-bond acceptors (Lipinski definition) is 7. The molecule has 0 spiro atoms. The Morgan fingerprint density at radius 1 is 1.12 bits per heavy atom. The number of hydrogen-bond donors (Lipinski definition) is 1. The summed E-state index contributed by atoms with van der Waals surface area (Å²) in [7, 11) is 1.58. The van der Waals surface area contributed by atoms with E-state index in [1.165, 1.54) is 24.3 Å². The molecule has 9 nitrogen and oxygen atoms in total. The fourth-order valence-electron chi connectivity index (χ4n) is 2.04. The first-order chi connectivity index (χ1) is 12.0. The predicted molar refractivity (Wildman–Crippen MR) is 83.5 cm³/mol. The van der Waals surface area contributed by atoms with Gasteiger partial charge in [0.2, 0.25) is 0 Å². The van der Waals surface area contributed by atoms with Gasteiger partial charge in [-0.2, -0.15) is 0 Å². The van der Waals surface area contributed by atoms with E-state index in [0.717, 1.165) is 0 Å². The molecule has 1 aliphatic heterocycles. The Balaban J connectivity index is 1.83. The molecule has 1 fully saturated rings. The molecule has 1 saturated heterocycles. The van der Waals surface area contributed by atoms with Crippen LogP contribution in [0.3, 0.4) is 0 Å². The topological polar surface area (TPSA) is 111 Å². The Morgan fingerprint density at radius 3 is 2.36 bits per heavy atom. The van der Waals surface area contributed by atoms with Gasteiger partial charge in [0.25, 0.3) is 17.7 Å². The van der Waals surface area contributed by atoms with Gasteiger partial charge in [-0.15, -0.1) is 0 Å². The lowest BCUT2D eigenvalue weighted by Gasteiger charge is -2.12. The minimum atomic E-state index is -1.21. The molecule has 0 bridgehead atoms. The van der Waals surface area contributed by atoms with Crippen LogP contribution >= 0.6 is 0 Å². The van der Waals surface area contributed by atoms with E-state index in [0.29, 0.717) is 30.2 Å². The number of nitrogens with one attached hydrogen (secondary N) is 1. The molecule has 1 aromatic carbocycles. The number of methoxy groups -OCH3 is 1. The van der Waals surface area contributed by atoms with Gasteiger partial charge in [0.05, 0.1) is 0 Å². The summed E-state index contributed by atoms with van der Waals surface area (Å²) in [6, 6.07) is 5.75. The molecule has 1 N–H and O–H groups in total. The van der Waals surface area contributed by atoms with Crippen LogP contribution in [0.2, 0.25) is 0 Å². The number of hydroxylamine groups is 2. The van der Waals surface area contributed by atoms with Gasteiger partial charge in [-0.3, -0.25) is 19.2 Å². The van der Waals surface area contributed by atoms with Gasteiger partial charge in [-0.05, 0) is 30.7 Å². The second-order valence-electron chi connectivity index (χ2n) is 5.15. The average Bonchev–Trinajstić information content (AvgIpc) is 2.91. The molecule has 0 aromatic heterocycles. The van der Waals surface area contributed by atoms with E-state index >= 15 is 0 Å². The van der Waals surface area contributed by atoms with Crippen LogP contribution in [0.25, 0.3) is 0 Å². The number of nitrogens with zero attached hydrogens (tertiary/aromatic N) is 1. The lowest BCUT2D eigenvalue weighted by Crippen LogP contribution is -2.33. The van der Waals surface area contributed by atoms with Crippen LogP contribution in [0, 0.1) is 0 Å². The second-order valence-corrected chi connectivity index (χ2v) is 5.15. The quantitative estimate of drug-likeness (QED) is 0.338. The van der Waals surface area contributed by atoms with E-state index in [9.17, 15) is 19.2 Å². The van der Waals surface area contributed by atoms with Crippen molar-refractivity contribution in [2.45, 2.75) is 19.3 Å². The smallest absolute Gasteiger partial charge is 0.393 e. The molecule has 1 heterocycles. The minimum absolute atomic E-state index is 0.000301. The number of carbonyl (C=O) groups is 4. The van der Waals surface area contributed by atoms with Crippen LogP contribution in [0.1, 0.15) is 29.6 Å². The van der Waals surface area contributed by atoms with Gasteiger partial charge in [-0.1, -0.05) is 5.06 Å². The van der Waals surface area contributed by atoms with Crippen LogP contribution in [0.4, 0.5) is 4.79 Å². The van der Waals surface area contributed by atoms with Crippen molar-refractivity contribution in [2.75, 3.05) is 20.3 Å². The van der Waals surface area contributed by atoms with E-state index in [2.05, 4.69) is 10.2 Å². The number of amides is 3. The maximum Gasteiger partial charge on any atom is 0.539 e. The summed E-state index contributed by atoms with van der Waals surface area (Å²) in [5.74, 6) is -1.34. The summed E-state index contributed by atoms with van der Waals surface area (Å²) in [5, 5.41) is 3.11. The molecule has 1 aliphatic rings. The van der Waals surface area contributed by atoms with Crippen LogP contribution in [0.15, 0.2) is 24.3 Å². The van der Waals surface area contributed by atoms with Crippen molar-refractivity contribution >= 4 is 23.9 Å². The zero-order valence-corrected chi connectivity index (χ0v) is 13.6. The Bertz CT molecular complexity index is 641. The summed E-state index contributed by atoms with van der Waals surface area (Å²) in [6.45, 7) is 1.03. The van der Waals surface area contributed by atoms with Gasteiger partial charge < -0.3 is 14.8 Å². The third-order valence-electron chi connectivity index (χ3n) is 3.30. The summed E-state index contributed by atoms with van der Waals surface area (Å²) >= 11 is 0. The Morgan fingerprint density at radius 2 is 1.76 bits per heavy atom. The van der Waals surface area contributed by atoms with Gasteiger partial charge in [-0.25, -0.2) is 4.79 Å². The fourth-order valence-corrected chi connectivity index (χ4v) is 2.04. The Kier molecular flexibility index (Phi) is 6.47. The molecule has 134 valence electrons. The lowest BCUT2D eigenvalue weighted by molar-refractivity contribution is -0.174. The molecule has 25 heavy (non-hydrogen) atoms. The van der Waals surface area contributed by atoms with Crippen molar-refractivity contribution in [2.24, 2.45) is 0 Å². The molecule has 9 heteroatoms. The molecule has 0 saturated carbocycles. The summed E-state index contributed by atoms with van der Waals surface area (Å²) in [5.41, 5.74) is 0.392. The Hall–Kier alpha value is -2.94. The zero-order chi connectivity index (χ0) is 18.2. The van der Waals surface area contributed by atoms with Crippen LogP contribution < -0.4 is 10.1 Å². The van der Waals surface area contributed by atoms with Gasteiger partial charge in [0.1, 0.15) is 5.75 Å². The maximum absolute atomic E-state index is 11.9. The number of imide groups is 1. The highest BCUT2D eigenvalue weighted by Gasteiger charge is 2.33. The third kappa shape index (κ3) is 5.28. The van der Waals surface area contributed by atoms with Crippen LogP contribution in [-0.4, -0.2) is 49.2 Å². The number of benzene rings is 1. The summed E-state index contributed by atoms with van der Waals surface area (Å²) < 4.78 is 9.75. The number of carbonyl (C=O) groups excluding carboxylic acids is 4. The first-order valence-electron chi connectivity index (χ1n) is 7.64. The van der Waals surface area contributed by atoms with Crippen LogP contribution in [-0.2, 0) is 19.2 Å². The van der Waals surface area contributed by atoms with Crippen molar-refractivity contribution in [3.63, 3.8) is 0 Å². The molecular formula is C16H18N2O7. The van der Waals surface area contributed by atoms with Crippen molar-refractivity contribution in [1.82, 2.24) is 10.4 Å². The minimum Gasteiger partial charge on any atom is -0.393 e. The van der Waals surface area contributed by atoms with Gasteiger partial charge >= 0.3 is 6.16 Å². The van der Waals surface area contributed by atoms with Crippen molar-refractivity contribution in [3.8, 4) is 5.75 Å². The molecular weight excluding hydrogens is 332 g/mol. The third-order valence-corrected chi connectivity index (χ3v) is 3.30.